The van der Waals surface area contributed by atoms with Crippen LogP contribution in [0, 0.1) is 11.3 Å². The molecule has 90 valence electrons. The predicted molar refractivity (Wildman–Crippen MR) is 59.4 cm³/mol. The molecule has 0 saturated heterocycles. The van der Waals surface area contributed by atoms with Gasteiger partial charge in [-0.15, -0.1) is 5.10 Å². The number of benzene rings is 1. The molecule has 0 fully saturated rings. The van der Waals surface area contributed by atoms with Crippen LogP contribution < -0.4 is 0 Å². The van der Waals surface area contributed by atoms with Crippen LogP contribution in [0.4, 0.5) is 0 Å². The van der Waals surface area contributed by atoms with E-state index in [1.165, 1.54) is 4.68 Å². The van der Waals surface area contributed by atoms with E-state index in [4.69, 9.17) is 10.4 Å². The standard InChI is InChI=1S/C11H9N5O2/c12-6-8-1-3-9(4-2-8)7-16-10(5-11(17)18)13-14-15-16/h1-4H,5,7H2,(H,17,18). The Morgan fingerprint density at radius 1 is 1.39 bits per heavy atom. The van der Waals surface area contributed by atoms with Gasteiger partial charge in [-0.05, 0) is 28.1 Å². The normalized spacial score (nSPS) is 9.94. The van der Waals surface area contributed by atoms with Crippen LogP contribution in [0.3, 0.4) is 0 Å². The van der Waals surface area contributed by atoms with Crippen LogP contribution in [0.2, 0.25) is 0 Å². The van der Waals surface area contributed by atoms with Gasteiger partial charge in [-0.2, -0.15) is 5.26 Å². The Labute approximate surface area is 102 Å². The molecular formula is C11H9N5O2. The quantitative estimate of drug-likeness (QED) is 0.823. The van der Waals surface area contributed by atoms with Crippen molar-refractivity contribution < 1.29 is 9.90 Å². The summed E-state index contributed by atoms with van der Waals surface area (Å²) in [5.41, 5.74) is 1.47. The van der Waals surface area contributed by atoms with Crippen molar-refractivity contribution in [1.82, 2.24) is 20.2 Å². The van der Waals surface area contributed by atoms with Crippen LogP contribution >= 0.6 is 0 Å². The third kappa shape index (κ3) is 2.68. The maximum absolute atomic E-state index is 10.6. The fourth-order valence-electron chi connectivity index (χ4n) is 1.47. The number of aromatic nitrogens is 4. The number of hydrogen-bond acceptors (Lipinski definition) is 5. The Kier molecular flexibility index (Phi) is 3.29. The molecule has 0 bridgehead atoms. The van der Waals surface area contributed by atoms with Gasteiger partial charge in [0.25, 0.3) is 0 Å². The number of nitrogens with zero attached hydrogens (tertiary/aromatic N) is 5. The van der Waals surface area contributed by atoms with E-state index < -0.39 is 5.97 Å². The van der Waals surface area contributed by atoms with Crippen molar-refractivity contribution in [3.8, 4) is 6.07 Å². The lowest BCUT2D eigenvalue weighted by molar-refractivity contribution is -0.136. The minimum absolute atomic E-state index is 0.219. The summed E-state index contributed by atoms with van der Waals surface area (Å²) in [5, 5.41) is 28.2. The first-order valence-electron chi connectivity index (χ1n) is 5.15. The number of carbonyl (C=O) groups is 1. The van der Waals surface area contributed by atoms with Gasteiger partial charge in [0.05, 0.1) is 18.2 Å². The average molecular weight is 243 g/mol. The lowest BCUT2D eigenvalue weighted by Gasteiger charge is -2.03. The van der Waals surface area contributed by atoms with E-state index in [9.17, 15) is 4.79 Å². The molecule has 7 heteroatoms. The third-order valence-electron chi connectivity index (χ3n) is 2.33. The molecule has 0 amide bonds. The monoisotopic (exact) mass is 243 g/mol. The Morgan fingerprint density at radius 3 is 2.72 bits per heavy atom. The van der Waals surface area contributed by atoms with Gasteiger partial charge in [-0.1, -0.05) is 12.1 Å². The molecule has 0 unspecified atom stereocenters. The second-order valence-electron chi connectivity index (χ2n) is 3.63. The number of rotatable bonds is 4. The summed E-state index contributed by atoms with van der Waals surface area (Å²) in [6.45, 7) is 0.376. The van der Waals surface area contributed by atoms with Crippen molar-refractivity contribution in [3.63, 3.8) is 0 Å². The van der Waals surface area contributed by atoms with Gasteiger partial charge in [0, 0.05) is 0 Å². The smallest absolute Gasteiger partial charge is 0.311 e. The van der Waals surface area contributed by atoms with Crippen LogP contribution in [-0.4, -0.2) is 31.3 Å². The maximum Gasteiger partial charge on any atom is 0.311 e. The summed E-state index contributed by atoms with van der Waals surface area (Å²) in [6, 6.07) is 8.97. The summed E-state index contributed by atoms with van der Waals surface area (Å²) in [4.78, 5) is 10.6. The highest BCUT2D eigenvalue weighted by molar-refractivity contribution is 5.68. The summed E-state index contributed by atoms with van der Waals surface area (Å²) < 4.78 is 1.43. The van der Waals surface area contributed by atoms with E-state index in [0.717, 1.165) is 5.56 Å². The van der Waals surface area contributed by atoms with E-state index in [0.29, 0.717) is 17.9 Å². The minimum Gasteiger partial charge on any atom is -0.481 e. The first kappa shape index (κ1) is 11.7. The largest absolute Gasteiger partial charge is 0.481 e. The van der Waals surface area contributed by atoms with E-state index in [-0.39, 0.29) is 6.42 Å². The molecule has 0 spiro atoms. The molecule has 0 aliphatic rings. The maximum atomic E-state index is 10.6. The summed E-state index contributed by atoms with van der Waals surface area (Å²) in [5.74, 6) is -0.683. The second-order valence-corrected chi connectivity index (χ2v) is 3.63. The van der Waals surface area contributed by atoms with E-state index >= 15 is 0 Å². The first-order chi connectivity index (χ1) is 8.69. The number of tetrazole rings is 1. The van der Waals surface area contributed by atoms with Gasteiger partial charge < -0.3 is 5.11 Å². The molecule has 0 saturated carbocycles. The molecule has 18 heavy (non-hydrogen) atoms. The van der Waals surface area contributed by atoms with Gasteiger partial charge in [0.15, 0.2) is 5.82 Å². The highest BCUT2D eigenvalue weighted by atomic mass is 16.4. The van der Waals surface area contributed by atoms with Gasteiger partial charge in [0.1, 0.15) is 6.42 Å². The predicted octanol–water partition coefficient (Wildman–Crippen LogP) is 0.220. The molecule has 0 radical (unpaired) electrons. The van der Waals surface area contributed by atoms with E-state index in [1.807, 2.05) is 6.07 Å². The van der Waals surface area contributed by atoms with Crippen molar-refractivity contribution in [3.05, 3.63) is 41.2 Å². The van der Waals surface area contributed by atoms with Crippen LogP contribution in [0.15, 0.2) is 24.3 Å². The van der Waals surface area contributed by atoms with Gasteiger partial charge in [-0.25, -0.2) is 4.68 Å². The minimum atomic E-state index is -0.981. The van der Waals surface area contributed by atoms with Gasteiger partial charge in [-0.3, -0.25) is 4.79 Å². The van der Waals surface area contributed by atoms with Crippen LogP contribution in [0.1, 0.15) is 17.0 Å². The lowest BCUT2D eigenvalue weighted by atomic mass is 10.1. The molecule has 7 nitrogen and oxygen atoms in total. The summed E-state index contributed by atoms with van der Waals surface area (Å²) in [6.07, 6.45) is -0.219. The van der Waals surface area contributed by atoms with Crippen LogP contribution in [0.5, 0.6) is 0 Å². The molecule has 1 aromatic carbocycles. The molecule has 0 atom stereocenters. The van der Waals surface area contributed by atoms with Crippen LogP contribution in [-0.2, 0) is 17.8 Å². The molecule has 1 aromatic heterocycles. The lowest BCUT2D eigenvalue weighted by Crippen LogP contribution is -2.11. The zero-order valence-corrected chi connectivity index (χ0v) is 9.32. The van der Waals surface area contributed by atoms with Gasteiger partial charge >= 0.3 is 5.97 Å². The summed E-state index contributed by atoms with van der Waals surface area (Å²) in [7, 11) is 0. The fourth-order valence-corrected chi connectivity index (χ4v) is 1.47. The molecule has 2 rings (SSSR count). The van der Waals surface area contributed by atoms with Crippen molar-refractivity contribution in [2.75, 3.05) is 0 Å². The summed E-state index contributed by atoms with van der Waals surface area (Å²) >= 11 is 0. The zero-order valence-electron chi connectivity index (χ0n) is 9.32. The number of nitriles is 1. The van der Waals surface area contributed by atoms with Crippen molar-refractivity contribution in [2.24, 2.45) is 0 Å². The van der Waals surface area contributed by atoms with Gasteiger partial charge in [0.2, 0.25) is 0 Å². The highest BCUT2D eigenvalue weighted by Gasteiger charge is 2.10. The van der Waals surface area contributed by atoms with E-state index in [2.05, 4.69) is 15.5 Å². The Bertz CT molecular complexity index is 597. The molecule has 2 aromatic rings. The fraction of sp³-hybridized carbons (Fsp3) is 0.182. The molecule has 0 aliphatic heterocycles. The SMILES string of the molecule is N#Cc1ccc(Cn2nnnc2CC(=O)O)cc1. The third-order valence-corrected chi connectivity index (χ3v) is 2.33. The number of aliphatic carboxylic acids is 1. The Hall–Kier alpha value is -2.75. The molecule has 1 N–H and O–H groups in total. The Balaban J connectivity index is 2.16. The number of carboxylic acids is 1. The zero-order chi connectivity index (χ0) is 13.0. The van der Waals surface area contributed by atoms with Crippen molar-refractivity contribution >= 4 is 5.97 Å². The van der Waals surface area contributed by atoms with Crippen LogP contribution in [0.25, 0.3) is 0 Å². The molecular weight excluding hydrogens is 234 g/mol. The first-order valence-corrected chi connectivity index (χ1v) is 5.15. The highest BCUT2D eigenvalue weighted by Crippen LogP contribution is 2.06. The second kappa shape index (κ2) is 5.05. The topological polar surface area (TPSA) is 105 Å². The number of hydrogen-bond donors (Lipinski definition) is 1. The Morgan fingerprint density at radius 2 is 2.11 bits per heavy atom. The van der Waals surface area contributed by atoms with E-state index in [1.54, 1.807) is 24.3 Å². The molecule has 0 aliphatic carbocycles. The van der Waals surface area contributed by atoms with Crippen molar-refractivity contribution in [1.29, 1.82) is 5.26 Å². The average Bonchev–Trinajstić information content (AvgIpc) is 2.77. The van der Waals surface area contributed by atoms with Crippen molar-refractivity contribution in [2.45, 2.75) is 13.0 Å². The number of carboxylic acid groups (broad SMARTS) is 1. The molecule has 1 heterocycles.